The molecule has 2 aromatic rings. The van der Waals surface area contributed by atoms with E-state index in [-0.39, 0.29) is 0 Å². The van der Waals surface area contributed by atoms with Crippen molar-refractivity contribution in [2.75, 3.05) is 49.5 Å². The largest absolute Gasteiger partial charge is 0.369 e. The molecule has 1 fully saturated rings. The van der Waals surface area contributed by atoms with E-state index in [4.69, 9.17) is 11.6 Å². The van der Waals surface area contributed by atoms with Crippen molar-refractivity contribution >= 4 is 23.4 Å². The Kier molecular flexibility index (Phi) is 5.60. The zero-order valence-electron chi connectivity index (χ0n) is 13.0. The second kappa shape index (κ2) is 8.08. The first-order chi connectivity index (χ1) is 11.3. The summed E-state index contributed by atoms with van der Waals surface area (Å²) in [7, 11) is 0. The Labute approximate surface area is 141 Å². The van der Waals surface area contributed by atoms with Crippen LogP contribution in [0.25, 0.3) is 0 Å². The highest BCUT2D eigenvalue weighted by Crippen LogP contribution is 2.17. The van der Waals surface area contributed by atoms with Gasteiger partial charge in [-0.25, -0.2) is 15.0 Å². The van der Waals surface area contributed by atoms with E-state index in [1.165, 1.54) is 0 Å². The summed E-state index contributed by atoms with van der Waals surface area (Å²) in [4.78, 5) is 17.6. The molecule has 1 N–H and O–H groups in total. The first kappa shape index (κ1) is 16.0. The minimum Gasteiger partial charge on any atom is -0.369 e. The molecule has 3 rings (SSSR count). The molecule has 6 nitrogen and oxygen atoms in total. The minimum absolute atomic E-state index is 0.670. The van der Waals surface area contributed by atoms with Gasteiger partial charge < -0.3 is 10.2 Å². The smallest absolute Gasteiger partial charge is 0.225 e. The van der Waals surface area contributed by atoms with Crippen LogP contribution in [0.5, 0.6) is 0 Å². The van der Waals surface area contributed by atoms with E-state index in [1.807, 2.05) is 18.2 Å². The van der Waals surface area contributed by atoms with Crippen molar-refractivity contribution in [3.63, 3.8) is 0 Å². The molecule has 2 aromatic heterocycles. The Balaban J connectivity index is 1.36. The van der Waals surface area contributed by atoms with Gasteiger partial charge in [-0.15, -0.1) is 0 Å². The monoisotopic (exact) mass is 332 g/mol. The number of halogens is 1. The normalized spacial score (nSPS) is 15.6. The Morgan fingerprint density at radius 3 is 2.48 bits per heavy atom. The van der Waals surface area contributed by atoms with Gasteiger partial charge in [-0.05, 0) is 31.2 Å². The van der Waals surface area contributed by atoms with Crippen molar-refractivity contribution in [1.82, 2.24) is 19.9 Å². The van der Waals surface area contributed by atoms with E-state index >= 15 is 0 Å². The Morgan fingerprint density at radius 2 is 1.74 bits per heavy atom. The molecule has 0 atom stereocenters. The van der Waals surface area contributed by atoms with Crippen LogP contribution in [0.1, 0.15) is 6.42 Å². The lowest BCUT2D eigenvalue weighted by Gasteiger charge is -2.34. The van der Waals surface area contributed by atoms with Gasteiger partial charge in [0.05, 0.1) is 5.02 Å². The fourth-order valence-electron chi connectivity index (χ4n) is 2.65. The van der Waals surface area contributed by atoms with E-state index in [0.29, 0.717) is 5.02 Å². The van der Waals surface area contributed by atoms with Gasteiger partial charge in [-0.1, -0.05) is 11.6 Å². The molecule has 7 heteroatoms. The number of nitrogens with zero attached hydrogens (tertiary/aromatic N) is 5. The summed E-state index contributed by atoms with van der Waals surface area (Å²) in [6.45, 7) is 5.98. The number of pyridine rings is 1. The van der Waals surface area contributed by atoms with Crippen molar-refractivity contribution in [3.05, 3.63) is 41.8 Å². The van der Waals surface area contributed by atoms with Crippen LogP contribution in [-0.2, 0) is 0 Å². The Bertz CT molecular complexity index is 601. The van der Waals surface area contributed by atoms with Crippen molar-refractivity contribution < 1.29 is 0 Å². The van der Waals surface area contributed by atoms with Crippen LogP contribution in [0.2, 0.25) is 5.02 Å². The highest BCUT2D eigenvalue weighted by Gasteiger charge is 2.18. The molecule has 0 unspecified atom stereocenters. The quantitative estimate of drug-likeness (QED) is 0.818. The lowest BCUT2D eigenvalue weighted by atomic mass is 10.3. The van der Waals surface area contributed by atoms with Crippen LogP contribution in [0.3, 0.4) is 0 Å². The van der Waals surface area contributed by atoms with Gasteiger partial charge in [0, 0.05) is 51.3 Å². The number of anilines is 2. The maximum Gasteiger partial charge on any atom is 0.225 e. The second-order valence-corrected chi connectivity index (χ2v) is 5.90. The fraction of sp³-hybridized carbons (Fsp3) is 0.438. The fourth-order valence-corrected chi connectivity index (χ4v) is 2.84. The molecule has 0 bridgehead atoms. The van der Waals surface area contributed by atoms with Crippen molar-refractivity contribution in [2.45, 2.75) is 6.42 Å². The molecule has 1 aliphatic heterocycles. The number of hydrogen-bond donors (Lipinski definition) is 1. The highest BCUT2D eigenvalue weighted by molar-refractivity contribution is 6.32. The molecule has 0 aliphatic carbocycles. The van der Waals surface area contributed by atoms with E-state index in [0.717, 1.165) is 57.5 Å². The second-order valence-electron chi connectivity index (χ2n) is 5.49. The van der Waals surface area contributed by atoms with E-state index in [9.17, 15) is 0 Å². The topological polar surface area (TPSA) is 57.2 Å². The molecule has 0 radical (unpaired) electrons. The van der Waals surface area contributed by atoms with Crippen LogP contribution in [0.4, 0.5) is 11.8 Å². The summed E-state index contributed by atoms with van der Waals surface area (Å²) in [5.41, 5.74) is 0. The van der Waals surface area contributed by atoms with Crippen molar-refractivity contribution in [3.8, 4) is 0 Å². The van der Waals surface area contributed by atoms with Crippen LogP contribution in [0.15, 0.2) is 36.8 Å². The molecule has 0 saturated carbocycles. The first-order valence-corrected chi connectivity index (χ1v) is 8.29. The summed E-state index contributed by atoms with van der Waals surface area (Å²) in [5.74, 6) is 1.60. The third kappa shape index (κ3) is 4.53. The number of piperazine rings is 1. The molecular weight excluding hydrogens is 312 g/mol. The number of hydrogen-bond acceptors (Lipinski definition) is 6. The average Bonchev–Trinajstić information content (AvgIpc) is 2.61. The van der Waals surface area contributed by atoms with Gasteiger partial charge in [-0.2, -0.15) is 0 Å². The van der Waals surface area contributed by atoms with E-state index in [1.54, 1.807) is 18.6 Å². The average molecular weight is 333 g/mol. The summed E-state index contributed by atoms with van der Waals surface area (Å²) >= 11 is 6.07. The molecule has 1 saturated heterocycles. The summed E-state index contributed by atoms with van der Waals surface area (Å²) in [6.07, 6.45) is 6.40. The van der Waals surface area contributed by atoms with Crippen LogP contribution in [-0.4, -0.2) is 59.1 Å². The van der Waals surface area contributed by atoms with E-state index in [2.05, 4.69) is 30.1 Å². The lowest BCUT2D eigenvalue weighted by Crippen LogP contribution is -2.47. The van der Waals surface area contributed by atoms with Gasteiger partial charge in [0.1, 0.15) is 5.82 Å². The van der Waals surface area contributed by atoms with Crippen molar-refractivity contribution in [1.29, 1.82) is 0 Å². The number of aromatic nitrogens is 3. The molecule has 0 aromatic carbocycles. The number of rotatable bonds is 6. The third-order valence-corrected chi connectivity index (χ3v) is 4.21. The number of nitrogens with one attached hydrogen (secondary N) is 1. The standard InChI is InChI=1S/C16H21ClN6/c17-14-4-1-5-18-15(14)19-8-3-9-22-10-12-23(13-11-22)16-20-6-2-7-21-16/h1-2,4-7H,3,8-13H2,(H,18,19). The maximum atomic E-state index is 6.07. The molecule has 0 amide bonds. The van der Waals surface area contributed by atoms with Crippen LogP contribution < -0.4 is 10.2 Å². The van der Waals surface area contributed by atoms with E-state index < -0.39 is 0 Å². The van der Waals surface area contributed by atoms with Gasteiger partial charge in [0.15, 0.2) is 0 Å². The van der Waals surface area contributed by atoms with Gasteiger partial charge in [-0.3, -0.25) is 4.90 Å². The molecule has 122 valence electrons. The molecule has 3 heterocycles. The SMILES string of the molecule is Clc1cccnc1NCCCN1CCN(c2ncccn2)CC1. The molecule has 23 heavy (non-hydrogen) atoms. The van der Waals surface area contributed by atoms with Crippen LogP contribution >= 0.6 is 11.6 Å². The molecule has 0 spiro atoms. The van der Waals surface area contributed by atoms with Crippen molar-refractivity contribution in [2.24, 2.45) is 0 Å². The first-order valence-electron chi connectivity index (χ1n) is 7.91. The summed E-state index contributed by atoms with van der Waals surface area (Å²) < 4.78 is 0. The summed E-state index contributed by atoms with van der Waals surface area (Å²) in [6, 6.07) is 5.53. The lowest BCUT2D eigenvalue weighted by molar-refractivity contribution is 0.256. The predicted octanol–water partition coefficient (Wildman–Crippen LogP) is 2.15. The molecular formula is C16H21ClN6. The summed E-state index contributed by atoms with van der Waals surface area (Å²) in [5, 5.41) is 3.96. The van der Waals surface area contributed by atoms with Gasteiger partial charge in [0.25, 0.3) is 0 Å². The third-order valence-electron chi connectivity index (χ3n) is 3.91. The van der Waals surface area contributed by atoms with Crippen LogP contribution in [0, 0.1) is 0 Å². The molecule has 1 aliphatic rings. The minimum atomic E-state index is 0.670. The Morgan fingerprint density at radius 1 is 1.00 bits per heavy atom. The van der Waals surface area contributed by atoms with Gasteiger partial charge >= 0.3 is 0 Å². The maximum absolute atomic E-state index is 6.07. The predicted molar refractivity (Wildman–Crippen MR) is 93.0 cm³/mol. The highest BCUT2D eigenvalue weighted by atomic mass is 35.5. The zero-order valence-corrected chi connectivity index (χ0v) is 13.8. The van der Waals surface area contributed by atoms with Gasteiger partial charge in [0.2, 0.25) is 5.95 Å². The zero-order chi connectivity index (χ0) is 15.9. The Hall–Kier alpha value is -1.92.